The number of carbonyl (C=O) groups excluding carboxylic acids is 1. The first kappa shape index (κ1) is 17.7. The molecule has 0 unspecified atom stereocenters. The van der Waals surface area contributed by atoms with Crippen LogP contribution in [0.5, 0.6) is 0 Å². The minimum absolute atomic E-state index is 0.0289. The number of hydrogen-bond acceptors (Lipinski definition) is 3. The molecular weight excluding hydrogens is 316 g/mol. The molecule has 3 rings (SSSR count). The van der Waals surface area contributed by atoms with Crippen LogP contribution in [0, 0.1) is 0 Å². The Morgan fingerprint density at radius 3 is 2.80 bits per heavy atom. The Morgan fingerprint density at radius 1 is 1.28 bits per heavy atom. The lowest BCUT2D eigenvalue weighted by Crippen LogP contribution is -2.46. The normalized spacial score (nSPS) is 23.3. The van der Waals surface area contributed by atoms with Gasteiger partial charge in [0, 0.05) is 24.8 Å². The molecule has 1 aromatic carbocycles. The summed E-state index contributed by atoms with van der Waals surface area (Å²) in [6.45, 7) is 3.64. The first-order valence-electron chi connectivity index (χ1n) is 9.28. The number of fused-ring (bicyclic) bond motifs is 1. The van der Waals surface area contributed by atoms with Gasteiger partial charge in [0.15, 0.2) is 5.96 Å². The van der Waals surface area contributed by atoms with E-state index in [1.807, 2.05) is 30.0 Å². The molecule has 0 atom stereocenters. The molecule has 1 fully saturated rings. The van der Waals surface area contributed by atoms with E-state index in [1.54, 1.807) is 0 Å². The van der Waals surface area contributed by atoms with Crippen molar-refractivity contribution >= 4 is 17.6 Å². The molecule has 0 saturated heterocycles. The Bertz CT molecular complexity index is 624. The zero-order valence-corrected chi connectivity index (χ0v) is 14.9. The first-order valence-corrected chi connectivity index (χ1v) is 9.28. The third-order valence-electron chi connectivity index (χ3n) is 4.94. The van der Waals surface area contributed by atoms with Crippen LogP contribution in [-0.4, -0.2) is 48.8 Å². The van der Waals surface area contributed by atoms with Crippen molar-refractivity contribution in [2.45, 2.75) is 51.2 Å². The van der Waals surface area contributed by atoms with Gasteiger partial charge in [0.25, 0.3) is 0 Å². The van der Waals surface area contributed by atoms with E-state index in [1.165, 1.54) is 5.56 Å². The molecule has 0 spiro atoms. The van der Waals surface area contributed by atoms with Gasteiger partial charge in [-0.15, -0.1) is 0 Å². The van der Waals surface area contributed by atoms with Crippen LogP contribution in [-0.2, 0) is 11.2 Å². The summed E-state index contributed by atoms with van der Waals surface area (Å²) in [5, 5.41) is 16.2. The molecule has 1 saturated carbocycles. The van der Waals surface area contributed by atoms with Crippen LogP contribution in [0.3, 0.4) is 0 Å². The van der Waals surface area contributed by atoms with Gasteiger partial charge in [-0.05, 0) is 50.7 Å². The molecule has 1 amide bonds. The zero-order valence-electron chi connectivity index (χ0n) is 14.9. The molecular formula is C19H28N4O2. The van der Waals surface area contributed by atoms with E-state index >= 15 is 0 Å². The highest BCUT2D eigenvalue weighted by molar-refractivity contribution is 5.98. The number of aliphatic hydroxyl groups excluding tert-OH is 1. The minimum atomic E-state index is -0.172. The maximum atomic E-state index is 12.6. The number of nitrogens with one attached hydrogen (secondary N) is 2. The van der Waals surface area contributed by atoms with Gasteiger partial charge in [-0.1, -0.05) is 18.2 Å². The van der Waals surface area contributed by atoms with Crippen LogP contribution in [0.4, 0.5) is 5.69 Å². The second kappa shape index (κ2) is 8.34. The number of benzene rings is 1. The highest BCUT2D eigenvalue weighted by Crippen LogP contribution is 2.27. The van der Waals surface area contributed by atoms with Gasteiger partial charge in [-0.3, -0.25) is 4.79 Å². The van der Waals surface area contributed by atoms with Crippen LogP contribution in [0.2, 0.25) is 0 Å². The number of guanidine groups is 1. The molecule has 1 aliphatic heterocycles. The van der Waals surface area contributed by atoms with E-state index in [-0.39, 0.29) is 18.6 Å². The maximum Gasteiger partial charge on any atom is 0.248 e. The molecule has 6 heteroatoms. The molecule has 1 heterocycles. The number of aliphatic imine (C=N–C) groups is 1. The van der Waals surface area contributed by atoms with E-state index in [0.717, 1.165) is 50.9 Å². The third-order valence-corrected chi connectivity index (χ3v) is 4.94. The number of para-hydroxylation sites is 1. The molecule has 0 radical (unpaired) electrons. The van der Waals surface area contributed by atoms with Gasteiger partial charge >= 0.3 is 0 Å². The van der Waals surface area contributed by atoms with Crippen molar-refractivity contribution in [3.63, 3.8) is 0 Å². The summed E-state index contributed by atoms with van der Waals surface area (Å²) in [6.07, 6.45) is 4.24. The molecule has 1 aromatic rings. The Labute approximate surface area is 149 Å². The standard InChI is InChI=1S/C19H28N4O2/c1-2-20-19(22-15-7-9-16(24)10-8-15)21-13-18(25)23-12-11-14-5-3-4-6-17(14)23/h3-6,15-16,24H,2,7-13H2,1H3,(H2,20,21,22). The zero-order chi connectivity index (χ0) is 17.6. The molecule has 1 aliphatic carbocycles. The predicted octanol–water partition coefficient (Wildman–Crippen LogP) is 1.43. The summed E-state index contributed by atoms with van der Waals surface area (Å²) in [5.74, 6) is 0.714. The fraction of sp³-hybridized carbons (Fsp3) is 0.579. The minimum Gasteiger partial charge on any atom is -0.393 e. The van der Waals surface area contributed by atoms with Crippen molar-refractivity contribution in [2.24, 2.45) is 4.99 Å². The van der Waals surface area contributed by atoms with Gasteiger partial charge in [0.05, 0.1) is 6.10 Å². The van der Waals surface area contributed by atoms with E-state index < -0.39 is 0 Å². The Kier molecular flexibility index (Phi) is 5.91. The quantitative estimate of drug-likeness (QED) is 0.570. The Balaban J connectivity index is 1.59. The van der Waals surface area contributed by atoms with Gasteiger partial charge < -0.3 is 20.6 Å². The monoisotopic (exact) mass is 344 g/mol. The lowest BCUT2D eigenvalue weighted by Gasteiger charge is -2.27. The third kappa shape index (κ3) is 4.51. The number of rotatable bonds is 4. The molecule has 136 valence electrons. The number of amides is 1. The average molecular weight is 344 g/mol. The predicted molar refractivity (Wildman–Crippen MR) is 99.9 cm³/mol. The Morgan fingerprint density at radius 2 is 2.04 bits per heavy atom. The summed E-state index contributed by atoms with van der Waals surface area (Å²) in [5.41, 5.74) is 2.24. The van der Waals surface area contributed by atoms with E-state index in [9.17, 15) is 9.90 Å². The summed E-state index contributed by atoms with van der Waals surface area (Å²) in [4.78, 5) is 18.9. The van der Waals surface area contributed by atoms with Crippen molar-refractivity contribution < 1.29 is 9.90 Å². The van der Waals surface area contributed by atoms with Crippen molar-refractivity contribution in [3.05, 3.63) is 29.8 Å². The fourth-order valence-electron chi connectivity index (χ4n) is 3.56. The van der Waals surface area contributed by atoms with E-state index in [2.05, 4.69) is 21.7 Å². The second-order valence-corrected chi connectivity index (χ2v) is 6.77. The molecule has 2 aliphatic rings. The number of nitrogens with zero attached hydrogens (tertiary/aromatic N) is 2. The summed E-state index contributed by atoms with van der Waals surface area (Å²) < 4.78 is 0. The molecule has 0 bridgehead atoms. The van der Waals surface area contributed by atoms with Gasteiger partial charge in [0.2, 0.25) is 5.91 Å². The van der Waals surface area contributed by atoms with Crippen molar-refractivity contribution in [1.29, 1.82) is 0 Å². The fourth-order valence-corrected chi connectivity index (χ4v) is 3.56. The summed E-state index contributed by atoms with van der Waals surface area (Å²) in [6, 6.07) is 8.37. The average Bonchev–Trinajstić information content (AvgIpc) is 3.06. The Hall–Kier alpha value is -2.08. The number of carbonyl (C=O) groups is 1. The highest BCUT2D eigenvalue weighted by Gasteiger charge is 2.24. The van der Waals surface area contributed by atoms with E-state index in [4.69, 9.17) is 0 Å². The van der Waals surface area contributed by atoms with Crippen LogP contribution >= 0.6 is 0 Å². The van der Waals surface area contributed by atoms with Crippen molar-refractivity contribution in [2.75, 3.05) is 24.5 Å². The lowest BCUT2D eigenvalue weighted by molar-refractivity contribution is -0.117. The maximum absolute atomic E-state index is 12.6. The first-order chi connectivity index (χ1) is 12.2. The SMILES string of the molecule is CCNC(=NCC(=O)N1CCc2ccccc21)NC1CCC(O)CC1. The number of anilines is 1. The molecule has 6 nitrogen and oxygen atoms in total. The smallest absolute Gasteiger partial charge is 0.248 e. The van der Waals surface area contributed by atoms with Crippen LogP contribution in [0.1, 0.15) is 38.2 Å². The lowest BCUT2D eigenvalue weighted by atomic mass is 9.93. The summed E-state index contributed by atoms with van der Waals surface area (Å²) in [7, 11) is 0. The van der Waals surface area contributed by atoms with Crippen LogP contribution < -0.4 is 15.5 Å². The van der Waals surface area contributed by atoms with E-state index in [0.29, 0.717) is 12.0 Å². The number of aliphatic hydroxyl groups is 1. The molecule has 25 heavy (non-hydrogen) atoms. The number of hydrogen-bond donors (Lipinski definition) is 3. The van der Waals surface area contributed by atoms with Crippen molar-refractivity contribution in [3.8, 4) is 0 Å². The summed E-state index contributed by atoms with van der Waals surface area (Å²) >= 11 is 0. The largest absolute Gasteiger partial charge is 0.393 e. The molecule has 3 N–H and O–H groups in total. The topological polar surface area (TPSA) is 77.0 Å². The highest BCUT2D eigenvalue weighted by atomic mass is 16.3. The van der Waals surface area contributed by atoms with Gasteiger partial charge in [-0.25, -0.2) is 4.99 Å². The van der Waals surface area contributed by atoms with Crippen LogP contribution in [0.15, 0.2) is 29.3 Å². The van der Waals surface area contributed by atoms with Gasteiger partial charge in [-0.2, -0.15) is 0 Å². The van der Waals surface area contributed by atoms with Crippen LogP contribution in [0.25, 0.3) is 0 Å². The van der Waals surface area contributed by atoms with Gasteiger partial charge in [0.1, 0.15) is 6.54 Å². The second-order valence-electron chi connectivity index (χ2n) is 6.77. The molecule has 0 aromatic heterocycles. The van der Waals surface area contributed by atoms with Crippen molar-refractivity contribution in [1.82, 2.24) is 10.6 Å².